The maximum Gasteiger partial charge on any atom is 0.223 e. The Balaban J connectivity index is 1.80. The van der Waals surface area contributed by atoms with Gasteiger partial charge in [-0.25, -0.2) is 14.4 Å². The second-order valence-electron chi connectivity index (χ2n) is 7.72. The van der Waals surface area contributed by atoms with Crippen LogP contribution in [-0.2, 0) is 4.74 Å². The van der Waals surface area contributed by atoms with Crippen molar-refractivity contribution in [2.24, 2.45) is 0 Å². The van der Waals surface area contributed by atoms with Gasteiger partial charge in [0.1, 0.15) is 11.9 Å². The third-order valence-electron chi connectivity index (χ3n) is 5.69. The number of anilines is 1. The van der Waals surface area contributed by atoms with Gasteiger partial charge in [-0.15, -0.1) is 0 Å². The molecule has 1 fully saturated rings. The van der Waals surface area contributed by atoms with E-state index in [9.17, 15) is 5.11 Å². The number of aliphatic hydroxyl groups excluding tert-OH is 1. The van der Waals surface area contributed by atoms with Crippen molar-refractivity contribution >= 4 is 33.8 Å². The van der Waals surface area contributed by atoms with Gasteiger partial charge in [-0.3, -0.25) is 0 Å². The molecule has 1 atom stereocenters. The summed E-state index contributed by atoms with van der Waals surface area (Å²) in [6.45, 7) is 6.60. The molecule has 1 unspecified atom stereocenters. The number of nitrogens with one attached hydrogen (secondary N) is 1. The number of likely N-dealkylation sites (N-methyl/N-ethyl adjacent to an activating group) is 1. The summed E-state index contributed by atoms with van der Waals surface area (Å²) in [5.74, 6) is -0.361. The largest absolute Gasteiger partial charge is 0.389 e. The van der Waals surface area contributed by atoms with Gasteiger partial charge < -0.3 is 20.1 Å². The van der Waals surface area contributed by atoms with E-state index in [4.69, 9.17) is 16.3 Å². The van der Waals surface area contributed by atoms with Crippen LogP contribution in [0.15, 0.2) is 72.3 Å². The minimum absolute atomic E-state index is 0.0344. The molecule has 33 heavy (non-hydrogen) atoms. The topological polar surface area (TPSA) is 70.5 Å². The summed E-state index contributed by atoms with van der Waals surface area (Å²) in [6.07, 6.45) is 7.36. The van der Waals surface area contributed by atoms with Gasteiger partial charge in [0, 0.05) is 48.9 Å². The first-order chi connectivity index (χ1) is 16.0. The van der Waals surface area contributed by atoms with E-state index in [0.717, 1.165) is 18.8 Å². The molecule has 1 aromatic carbocycles. The smallest absolute Gasteiger partial charge is 0.223 e. The van der Waals surface area contributed by atoms with E-state index in [1.165, 1.54) is 0 Å². The fourth-order valence-corrected chi connectivity index (χ4v) is 4.17. The number of ether oxygens (including phenoxy) is 1. The Labute approximate surface area is 197 Å². The zero-order chi connectivity index (χ0) is 23.4. The molecule has 4 rings (SSSR count). The van der Waals surface area contributed by atoms with Crippen LogP contribution in [0, 0.1) is 0 Å². The number of halogens is 2. The Bertz CT molecular complexity index is 1180. The lowest BCUT2D eigenvalue weighted by molar-refractivity contribution is 0.122. The van der Waals surface area contributed by atoms with Crippen molar-refractivity contribution in [1.29, 1.82) is 0 Å². The van der Waals surface area contributed by atoms with Crippen molar-refractivity contribution in [2.75, 3.05) is 38.3 Å². The summed E-state index contributed by atoms with van der Waals surface area (Å²) in [4.78, 5) is 11.0. The molecule has 0 spiro atoms. The fourth-order valence-electron chi connectivity index (χ4n) is 4.00. The molecule has 1 aromatic heterocycles. The average molecular weight is 469 g/mol. The van der Waals surface area contributed by atoms with E-state index in [2.05, 4.69) is 26.8 Å². The molecule has 1 aliphatic heterocycles. The van der Waals surface area contributed by atoms with Crippen LogP contribution in [0.3, 0.4) is 0 Å². The highest BCUT2D eigenvalue weighted by molar-refractivity contribution is 6.28. The highest BCUT2D eigenvalue weighted by atomic mass is 35.5. The summed E-state index contributed by atoms with van der Waals surface area (Å²) in [5.41, 5.74) is 3.36. The van der Waals surface area contributed by atoms with Crippen molar-refractivity contribution in [1.82, 2.24) is 15.3 Å². The van der Waals surface area contributed by atoms with E-state index < -0.39 is 6.10 Å². The Morgan fingerprint density at radius 3 is 2.85 bits per heavy atom. The molecule has 1 aliphatic carbocycles. The Hall–Kier alpha value is -3.00. The van der Waals surface area contributed by atoms with E-state index in [-0.39, 0.29) is 23.1 Å². The van der Waals surface area contributed by atoms with Crippen LogP contribution in [0.4, 0.5) is 10.1 Å². The standard InChI is InChI=1S/C25H26ClFN4O2/c1-3-5-21(28-2)24(32)16-6-4-7-20(27)19(14-16)23-18-9-8-17(31-10-12-33-13-11-31)15-22(18)29-25(26)30-23/h3-6,8-9,14-15,24,28,32H,1,7,10-13H2,2H3/b21-5-. The molecule has 0 amide bonds. The van der Waals surface area contributed by atoms with Gasteiger partial charge in [-0.2, -0.15) is 0 Å². The lowest BCUT2D eigenvalue weighted by Gasteiger charge is -2.29. The maximum absolute atomic E-state index is 15.2. The molecule has 2 N–H and O–H groups in total. The van der Waals surface area contributed by atoms with E-state index in [0.29, 0.717) is 41.1 Å². The first-order valence-electron chi connectivity index (χ1n) is 10.8. The third-order valence-corrected chi connectivity index (χ3v) is 5.86. The molecule has 8 heteroatoms. The van der Waals surface area contributed by atoms with Crippen LogP contribution in [0.25, 0.3) is 16.5 Å². The monoisotopic (exact) mass is 468 g/mol. The lowest BCUT2D eigenvalue weighted by Crippen LogP contribution is -2.36. The van der Waals surface area contributed by atoms with Crippen LogP contribution < -0.4 is 10.2 Å². The number of hydrogen-bond donors (Lipinski definition) is 2. The molecule has 6 nitrogen and oxygen atoms in total. The van der Waals surface area contributed by atoms with Gasteiger partial charge in [0.05, 0.1) is 24.4 Å². The zero-order valence-electron chi connectivity index (χ0n) is 18.4. The van der Waals surface area contributed by atoms with Crippen LogP contribution in [0.5, 0.6) is 0 Å². The summed E-state index contributed by atoms with van der Waals surface area (Å²) in [6, 6.07) is 5.81. The van der Waals surface area contributed by atoms with E-state index >= 15 is 4.39 Å². The SMILES string of the molecule is C=C/C=C(\NC)C(O)C1=CC(c2nc(Cl)nc3cc(N4CCOCC4)ccc23)=C(F)CC=C1. The Kier molecular flexibility index (Phi) is 7.23. The molecule has 0 radical (unpaired) electrons. The molecule has 2 aromatic rings. The second kappa shape index (κ2) is 10.3. The van der Waals surface area contributed by atoms with Crippen LogP contribution in [0.1, 0.15) is 12.1 Å². The van der Waals surface area contributed by atoms with Gasteiger partial charge in [0.25, 0.3) is 0 Å². The molecule has 2 heterocycles. The van der Waals surface area contributed by atoms with Gasteiger partial charge in [-0.1, -0.05) is 24.8 Å². The lowest BCUT2D eigenvalue weighted by atomic mass is 9.99. The predicted molar refractivity (Wildman–Crippen MR) is 131 cm³/mol. The number of aliphatic hydroxyl groups is 1. The Morgan fingerprint density at radius 2 is 2.12 bits per heavy atom. The van der Waals surface area contributed by atoms with E-state index in [1.807, 2.05) is 18.2 Å². The highest BCUT2D eigenvalue weighted by Crippen LogP contribution is 2.34. The third kappa shape index (κ3) is 5.00. The molecule has 2 aliphatic rings. The summed E-state index contributed by atoms with van der Waals surface area (Å²) in [5, 5.41) is 14.5. The minimum Gasteiger partial charge on any atom is -0.389 e. The van der Waals surface area contributed by atoms with Gasteiger partial charge >= 0.3 is 0 Å². The maximum atomic E-state index is 15.2. The highest BCUT2D eigenvalue weighted by Gasteiger charge is 2.21. The predicted octanol–water partition coefficient (Wildman–Crippen LogP) is 4.34. The molecular weight excluding hydrogens is 443 g/mol. The van der Waals surface area contributed by atoms with Crippen molar-refractivity contribution < 1.29 is 14.2 Å². The number of aromatic nitrogens is 2. The molecule has 1 saturated heterocycles. The number of rotatable bonds is 6. The first kappa shape index (κ1) is 23.2. The number of morpholine rings is 1. The number of benzene rings is 1. The Morgan fingerprint density at radius 1 is 1.33 bits per heavy atom. The first-order valence-corrected chi connectivity index (χ1v) is 11.1. The van der Waals surface area contributed by atoms with Crippen LogP contribution in [-0.4, -0.2) is 54.5 Å². The summed E-state index contributed by atoms with van der Waals surface area (Å²) < 4.78 is 20.7. The van der Waals surface area contributed by atoms with Crippen LogP contribution >= 0.6 is 11.6 Å². The van der Waals surface area contributed by atoms with Crippen molar-refractivity contribution in [3.63, 3.8) is 0 Å². The number of hydrogen-bond acceptors (Lipinski definition) is 6. The molecule has 0 bridgehead atoms. The second-order valence-corrected chi connectivity index (χ2v) is 8.06. The number of allylic oxidation sites excluding steroid dienone is 6. The quantitative estimate of drug-likeness (QED) is 0.485. The molecule has 0 saturated carbocycles. The summed E-state index contributed by atoms with van der Waals surface area (Å²) >= 11 is 6.27. The molecule has 172 valence electrons. The minimum atomic E-state index is -0.985. The van der Waals surface area contributed by atoms with Gasteiger partial charge in [-0.05, 0) is 47.5 Å². The van der Waals surface area contributed by atoms with Crippen molar-refractivity contribution in [2.45, 2.75) is 12.5 Å². The number of fused-ring (bicyclic) bond motifs is 1. The summed E-state index contributed by atoms with van der Waals surface area (Å²) in [7, 11) is 1.71. The van der Waals surface area contributed by atoms with Gasteiger partial charge in [0.2, 0.25) is 5.28 Å². The van der Waals surface area contributed by atoms with E-state index in [1.54, 1.807) is 37.4 Å². The normalized spacial score (nSPS) is 18.2. The van der Waals surface area contributed by atoms with Gasteiger partial charge in [0.15, 0.2) is 0 Å². The number of nitrogens with zero attached hydrogens (tertiary/aromatic N) is 3. The molecular formula is C25H26ClFN4O2. The average Bonchev–Trinajstić information content (AvgIpc) is 3.03. The van der Waals surface area contributed by atoms with Crippen LogP contribution in [0.2, 0.25) is 5.28 Å². The zero-order valence-corrected chi connectivity index (χ0v) is 19.1. The van der Waals surface area contributed by atoms with Crippen molar-refractivity contribution in [3.05, 3.63) is 83.2 Å². The van der Waals surface area contributed by atoms with Crippen molar-refractivity contribution in [3.8, 4) is 0 Å². The fraction of sp³-hybridized carbons (Fsp3) is 0.280.